The second kappa shape index (κ2) is 4.67. The molecule has 3 rings (SSSR count). The number of hydrogen-bond donors (Lipinski definition) is 1. The zero-order chi connectivity index (χ0) is 13.5. The number of rotatable bonds is 4. The molecule has 3 atom stereocenters. The van der Waals surface area contributed by atoms with Crippen molar-refractivity contribution in [3.63, 3.8) is 0 Å². The number of allylic oxidation sites excluding steroid dienone is 2. The fraction of sp³-hybridized carbons (Fsp3) is 0.467. The average molecular weight is 277 g/mol. The number of fused-ring (bicyclic) bond motifs is 2. The molecule has 0 saturated heterocycles. The Morgan fingerprint density at radius 1 is 1.21 bits per heavy atom. The van der Waals surface area contributed by atoms with Crippen molar-refractivity contribution in [1.29, 1.82) is 0 Å². The summed E-state index contributed by atoms with van der Waals surface area (Å²) in [5.74, 6) is 2.08. The maximum Gasteiger partial charge on any atom is 0.177 e. The number of anilines is 1. The van der Waals surface area contributed by atoms with Crippen molar-refractivity contribution >= 4 is 15.5 Å². The molecule has 1 aromatic rings. The summed E-state index contributed by atoms with van der Waals surface area (Å²) < 4.78 is 23.5. The lowest BCUT2D eigenvalue weighted by Crippen LogP contribution is -2.19. The summed E-state index contributed by atoms with van der Waals surface area (Å²) in [5.41, 5.74) is 0.733. The van der Waals surface area contributed by atoms with Gasteiger partial charge in [0.1, 0.15) is 0 Å². The van der Waals surface area contributed by atoms with Crippen molar-refractivity contribution in [3.05, 3.63) is 36.4 Å². The van der Waals surface area contributed by atoms with Crippen molar-refractivity contribution < 1.29 is 8.42 Å². The van der Waals surface area contributed by atoms with E-state index in [0.717, 1.165) is 18.2 Å². The zero-order valence-electron chi connectivity index (χ0n) is 11.0. The van der Waals surface area contributed by atoms with Gasteiger partial charge in [-0.3, -0.25) is 0 Å². The largest absolute Gasteiger partial charge is 0.384 e. The molecule has 0 heterocycles. The van der Waals surface area contributed by atoms with Crippen LogP contribution in [0.25, 0.3) is 0 Å². The van der Waals surface area contributed by atoms with Crippen LogP contribution in [0.15, 0.2) is 41.3 Å². The maximum absolute atomic E-state index is 11.7. The number of nitrogens with one attached hydrogen (secondary N) is 1. The van der Waals surface area contributed by atoms with Gasteiger partial charge in [0.2, 0.25) is 0 Å². The van der Waals surface area contributed by atoms with E-state index in [2.05, 4.69) is 17.5 Å². The molecule has 0 amide bonds. The maximum atomic E-state index is 11.7. The molecular weight excluding hydrogens is 258 g/mol. The SMILES string of the molecule is CS(=O)(=O)c1ccccc1NCC1CC2C=CC1C2. The average Bonchev–Trinajstić information content (AvgIpc) is 2.97. The van der Waals surface area contributed by atoms with Crippen LogP contribution in [0.1, 0.15) is 12.8 Å². The first kappa shape index (κ1) is 12.7. The second-order valence-electron chi connectivity index (χ2n) is 5.69. The van der Waals surface area contributed by atoms with Crippen molar-refractivity contribution in [2.45, 2.75) is 17.7 Å². The molecule has 1 N–H and O–H groups in total. The van der Waals surface area contributed by atoms with Crippen molar-refractivity contribution in [2.24, 2.45) is 17.8 Å². The van der Waals surface area contributed by atoms with Gasteiger partial charge in [0.25, 0.3) is 0 Å². The number of hydrogen-bond acceptors (Lipinski definition) is 3. The van der Waals surface area contributed by atoms with Gasteiger partial charge in [-0.1, -0.05) is 24.3 Å². The fourth-order valence-corrected chi connectivity index (χ4v) is 4.17. The summed E-state index contributed by atoms with van der Waals surface area (Å²) in [6, 6.07) is 7.15. The summed E-state index contributed by atoms with van der Waals surface area (Å²) in [7, 11) is -3.17. The molecule has 0 spiro atoms. The van der Waals surface area contributed by atoms with Crippen LogP contribution in [0.4, 0.5) is 5.69 Å². The Hall–Kier alpha value is -1.29. The van der Waals surface area contributed by atoms with Crippen molar-refractivity contribution in [3.8, 4) is 0 Å². The lowest BCUT2D eigenvalue weighted by Gasteiger charge is -2.20. The van der Waals surface area contributed by atoms with E-state index in [0.29, 0.717) is 16.7 Å². The quantitative estimate of drug-likeness (QED) is 0.861. The minimum absolute atomic E-state index is 0.397. The van der Waals surface area contributed by atoms with Gasteiger partial charge in [0, 0.05) is 12.8 Å². The minimum Gasteiger partial charge on any atom is -0.384 e. The Bertz CT molecular complexity index is 606. The molecule has 3 unspecified atom stereocenters. The molecule has 102 valence electrons. The molecule has 3 nitrogen and oxygen atoms in total. The third-order valence-corrected chi connectivity index (χ3v) is 5.41. The van der Waals surface area contributed by atoms with Crippen LogP contribution in [-0.2, 0) is 9.84 Å². The molecule has 0 aromatic heterocycles. The molecule has 0 aliphatic heterocycles. The molecule has 4 heteroatoms. The highest BCUT2D eigenvalue weighted by Gasteiger charge is 2.35. The van der Waals surface area contributed by atoms with E-state index in [1.165, 1.54) is 19.1 Å². The lowest BCUT2D eigenvalue weighted by molar-refractivity contribution is 0.471. The van der Waals surface area contributed by atoms with E-state index < -0.39 is 9.84 Å². The smallest absolute Gasteiger partial charge is 0.177 e. The standard InChI is InChI=1S/C15H19NO2S/c1-19(17,18)15-5-3-2-4-14(15)16-10-13-9-11-6-7-12(13)8-11/h2-7,11-13,16H,8-10H2,1H3. The van der Waals surface area contributed by atoms with Gasteiger partial charge >= 0.3 is 0 Å². The number of sulfone groups is 1. The van der Waals surface area contributed by atoms with E-state index in [9.17, 15) is 8.42 Å². The monoisotopic (exact) mass is 277 g/mol. The molecule has 1 aromatic carbocycles. The normalized spacial score (nSPS) is 28.8. The van der Waals surface area contributed by atoms with E-state index >= 15 is 0 Å². The van der Waals surface area contributed by atoms with Crippen LogP contribution < -0.4 is 5.32 Å². The summed E-state index contributed by atoms with van der Waals surface area (Å²) in [5, 5.41) is 3.33. The van der Waals surface area contributed by atoms with E-state index in [-0.39, 0.29) is 0 Å². The highest BCUT2D eigenvalue weighted by Crippen LogP contribution is 2.43. The lowest BCUT2D eigenvalue weighted by atomic mass is 9.93. The first-order chi connectivity index (χ1) is 9.04. The predicted octanol–water partition coefficient (Wildman–Crippen LogP) is 2.71. The van der Waals surface area contributed by atoms with Crippen LogP contribution >= 0.6 is 0 Å². The van der Waals surface area contributed by atoms with Gasteiger partial charge < -0.3 is 5.32 Å². The number of para-hydroxylation sites is 1. The number of benzene rings is 1. The van der Waals surface area contributed by atoms with E-state index in [1.807, 2.05) is 12.1 Å². The molecule has 2 aliphatic rings. The Kier molecular flexibility index (Phi) is 3.13. The van der Waals surface area contributed by atoms with E-state index in [4.69, 9.17) is 0 Å². The third kappa shape index (κ3) is 2.54. The van der Waals surface area contributed by atoms with Gasteiger partial charge in [-0.15, -0.1) is 0 Å². The third-order valence-electron chi connectivity index (χ3n) is 4.26. The predicted molar refractivity (Wildman–Crippen MR) is 76.9 cm³/mol. The second-order valence-corrected chi connectivity index (χ2v) is 7.67. The van der Waals surface area contributed by atoms with Crippen LogP contribution in [0, 0.1) is 17.8 Å². The Labute approximate surface area is 114 Å². The fourth-order valence-electron chi connectivity index (χ4n) is 3.31. The molecule has 2 bridgehead atoms. The van der Waals surface area contributed by atoms with Gasteiger partial charge in [-0.05, 0) is 42.7 Å². The minimum atomic E-state index is -3.17. The van der Waals surface area contributed by atoms with Crippen LogP contribution in [0.2, 0.25) is 0 Å². The van der Waals surface area contributed by atoms with E-state index in [1.54, 1.807) is 12.1 Å². The van der Waals surface area contributed by atoms with Crippen molar-refractivity contribution in [2.75, 3.05) is 18.1 Å². The molecular formula is C15H19NO2S. The Morgan fingerprint density at radius 2 is 2.00 bits per heavy atom. The van der Waals surface area contributed by atoms with Gasteiger partial charge in [-0.2, -0.15) is 0 Å². The van der Waals surface area contributed by atoms with Crippen LogP contribution in [0.3, 0.4) is 0 Å². The van der Waals surface area contributed by atoms with Crippen LogP contribution in [-0.4, -0.2) is 21.2 Å². The first-order valence-corrected chi connectivity index (χ1v) is 8.64. The zero-order valence-corrected chi connectivity index (χ0v) is 11.9. The summed E-state index contributed by atoms with van der Waals surface area (Å²) in [6.07, 6.45) is 8.41. The topological polar surface area (TPSA) is 46.2 Å². The molecule has 1 saturated carbocycles. The van der Waals surface area contributed by atoms with Gasteiger partial charge in [-0.25, -0.2) is 8.42 Å². The summed E-state index contributed by atoms with van der Waals surface area (Å²) in [4.78, 5) is 0.397. The van der Waals surface area contributed by atoms with Gasteiger partial charge in [0.05, 0.1) is 10.6 Å². The van der Waals surface area contributed by atoms with Crippen LogP contribution in [0.5, 0.6) is 0 Å². The van der Waals surface area contributed by atoms with Gasteiger partial charge in [0.15, 0.2) is 9.84 Å². The molecule has 1 fully saturated rings. The molecule has 19 heavy (non-hydrogen) atoms. The molecule has 2 aliphatic carbocycles. The van der Waals surface area contributed by atoms with Crippen molar-refractivity contribution in [1.82, 2.24) is 0 Å². The Balaban J connectivity index is 1.72. The summed E-state index contributed by atoms with van der Waals surface area (Å²) >= 11 is 0. The summed E-state index contributed by atoms with van der Waals surface area (Å²) in [6.45, 7) is 0.859. The highest BCUT2D eigenvalue weighted by molar-refractivity contribution is 7.90. The first-order valence-electron chi connectivity index (χ1n) is 6.75. The molecule has 0 radical (unpaired) electrons. The highest BCUT2D eigenvalue weighted by atomic mass is 32.2. The Morgan fingerprint density at radius 3 is 2.63 bits per heavy atom.